The maximum Gasteiger partial charge on any atom is 0.328 e. The van der Waals surface area contributed by atoms with Crippen molar-refractivity contribution >= 4 is 31.8 Å². The van der Waals surface area contributed by atoms with Crippen LogP contribution in [0.4, 0.5) is 0 Å². The lowest BCUT2D eigenvalue weighted by molar-refractivity contribution is 0.0902. The number of hydrogen-bond donors (Lipinski definition) is 1. The average Bonchev–Trinajstić information content (AvgIpc) is 3.26. The van der Waals surface area contributed by atoms with Crippen molar-refractivity contribution in [3.63, 3.8) is 0 Å². The Bertz CT molecular complexity index is 1490. The summed E-state index contributed by atoms with van der Waals surface area (Å²) < 4.78 is 13.6. The van der Waals surface area contributed by atoms with E-state index in [9.17, 15) is 9.59 Å². The smallest absolute Gasteiger partial charge is 0.328 e. The molecule has 0 bridgehead atoms. The number of ether oxygens (including phenoxy) is 2. The molecule has 2 aliphatic rings. The molecule has 182 valence electrons. The first-order chi connectivity index (χ1) is 17.1. The van der Waals surface area contributed by atoms with Gasteiger partial charge in [0.05, 0.1) is 19.2 Å². The van der Waals surface area contributed by atoms with E-state index in [0.29, 0.717) is 28.6 Å². The maximum absolute atomic E-state index is 13.0. The number of hydrogen-bond acceptors (Lipinski definition) is 7. The molecule has 0 unspecified atom stereocenters. The number of nitrogens with zero attached hydrogens (tertiary/aromatic N) is 3. The highest BCUT2D eigenvalue weighted by molar-refractivity contribution is 7.25. The third-order valence-corrected chi connectivity index (χ3v) is 8.48. The van der Waals surface area contributed by atoms with Gasteiger partial charge in [0.2, 0.25) is 0 Å². The van der Waals surface area contributed by atoms with Crippen LogP contribution in [0.25, 0.3) is 20.4 Å². The third kappa shape index (κ3) is 3.92. The highest BCUT2D eigenvalue weighted by Crippen LogP contribution is 2.46. The van der Waals surface area contributed by atoms with Gasteiger partial charge in [-0.2, -0.15) is 0 Å². The monoisotopic (exact) mass is 492 g/mol. The minimum atomic E-state index is -0.348. The molecule has 1 N–H and O–H groups in total. The van der Waals surface area contributed by atoms with Crippen molar-refractivity contribution in [2.24, 2.45) is 5.92 Å². The summed E-state index contributed by atoms with van der Waals surface area (Å²) in [6.45, 7) is 4.11. The zero-order chi connectivity index (χ0) is 23.9. The molecule has 1 saturated heterocycles. The molecule has 9 heteroatoms. The van der Waals surface area contributed by atoms with E-state index in [4.69, 9.17) is 9.47 Å². The van der Waals surface area contributed by atoms with Gasteiger partial charge in [-0.1, -0.05) is 6.07 Å². The summed E-state index contributed by atoms with van der Waals surface area (Å²) in [6, 6.07) is 9.74. The summed E-state index contributed by atoms with van der Waals surface area (Å²) in [6.07, 6.45) is 4.48. The Hall–Kier alpha value is -3.17. The summed E-state index contributed by atoms with van der Waals surface area (Å²) in [5.74, 6) is 2.79. The quantitative estimate of drug-likeness (QED) is 0.414. The summed E-state index contributed by atoms with van der Waals surface area (Å²) in [5, 5.41) is 0.823. The van der Waals surface area contributed by atoms with E-state index in [2.05, 4.69) is 14.9 Å². The average molecular weight is 493 g/mol. The molecule has 6 rings (SSSR count). The SMILES string of the molecule is COc1cccc2c1[C@H]1CCN(CCCCn3c(=O)[nH]c4c(sc5ncccc54)c3=O)C[C@@H]1CO2. The molecule has 1 fully saturated rings. The molecule has 0 spiro atoms. The van der Waals surface area contributed by atoms with Crippen molar-refractivity contribution in [2.75, 3.05) is 33.4 Å². The van der Waals surface area contributed by atoms with Crippen LogP contribution in [0.1, 0.15) is 30.7 Å². The largest absolute Gasteiger partial charge is 0.496 e. The van der Waals surface area contributed by atoms with Crippen LogP contribution in [-0.2, 0) is 6.54 Å². The number of unbranched alkanes of at least 4 members (excludes halogenated alkanes) is 1. The number of rotatable bonds is 6. The highest BCUT2D eigenvalue weighted by Gasteiger charge is 2.37. The van der Waals surface area contributed by atoms with Crippen molar-refractivity contribution in [3.8, 4) is 11.5 Å². The van der Waals surface area contributed by atoms with E-state index >= 15 is 0 Å². The van der Waals surface area contributed by atoms with E-state index in [1.807, 2.05) is 30.3 Å². The second-order valence-electron chi connectivity index (χ2n) is 9.40. The summed E-state index contributed by atoms with van der Waals surface area (Å²) >= 11 is 1.34. The van der Waals surface area contributed by atoms with Gasteiger partial charge < -0.3 is 19.4 Å². The first kappa shape index (κ1) is 22.3. The molecule has 4 aromatic rings. The lowest BCUT2D eigenvalue weighted by Gasteiger charge is -2.42. The standard InChI is InChI=1S/C26H28N4O4S/c1-33-19-7-4-8-20-21(19)17-9-13-29(14-16(17)15-34-20)11-2-3-12-30-25(31)23-22(28-26(30)32)18-6-5-10-27-24(18)35-23/h4-8,10,16-17H,2-3,9,11-15H2,1H3,(H,28,32)/t16-,17+/m1/s1. The van der Waals surface area contributed by atoms with Crippen LogP contribution in [0.3, 0.4) is 0 Å². The van der Waals surface area contributed by atoms with Crippen molar-refractivity contribution in [1.29, 1.82) is 0 Å². The minimum absolute atomic E-state index is 0.223. The second-order valence-corrected chi connectivity index (χ2v) is 10.4. The molecular formula is C26H28N4O4S. The number of methoxy groups -OCH3 is 1. The van der Waals surface area contributed by atoms with Gasteiger partial charge in [0, 0.05) is 36.2 Å². The van der Waals surface area contributed by atoms with Crippen LogP contribution in [0.15, 0.2) is 46.1 Å². The molecule has 35 heavy (non-hydrogen) atoms. The van der Waals surface area contributed by atoms with Crippen molar-refractivity contribution < 1.29 is 9.47 Å². The zero-order valence-corrected chi connectivity index (χ0v) is 20.5. The van der Waals surface area contributed by atoms with E-state index in [1.165, 1.54) is 21.5 Å². The number of benzene rings is 1. The molecule has 8 nitrogen and oxygen atoms in total. The van der Waals surface area contributed by atoms with Crippen LogP contribution in [0.2, 0.25) is 0 Å². The number of pyridine rings is 1. The van der Waals surface area contributed by atoms with Gasteiger partial charge in [0.15, 0.2) is 0 Å². The summed E-state index contributed by atoms with van der Waals surface area (Å²) in [4.78, 5) is 36.2. The third-order valence-electron chi connectivity index (χ3n) is 7.38. The predicted molar refractivity (Wildman–Crippen MR) is 137 cm³/mol. The zero-order valence-electron chi connectivity index (χ0n) is 19.7. The minimum Gasteiger partial charge on any atom is -0.496 e. The van der Waals surface area contributed by atoms with E-state index in [-0.39, 0.29) is 11.2 Å². The number of aromatic nitrogens is 3. The molecule has 3 aromatic heterocycles. The van der Waals surface area contributed by atoms with E-state index in [0.717, 1.165) is 67.2 Å². The number of nitrogens with one attached hydrogen (secondary N) is 1. The summed E-state index contributed by atoms with van der Waals surface area (Å²) in [5.41, 5.74) is 1.25. The first-order valence-corrected chi connectivity index (χ1v) is 13.0. The molecule has 0 amide bonds. The Morgan fingerprint density at radius 1 is 1.20 bits per heavy atom. The Labute approximate surface area is 206 Å². The Balaban J connectivity index is 1.09. The van der Waals surface area contributed by atoms with E-state index < -0.39 is 0 Å². The number of aromatic amines is 1. The van der Waals surface area contributed by atoms with Crippen molar-refractivity contribution in [1.82, 2.24) is 19.4 Å². The van der Waals surface area contributed by atoms with Crippen molar-refractivity contribution in [2.45, 2.75) is 31.7 Å². The fourth-order valence-electron chi connectivity index (χ4n) is 5.65. The van der Waals surface area contributed by atoms with Gasteiger partial charge >= 0.3 is 5.69 Å². The van der Waals surface area contributed by atoms with Gasteiger partial charge in [0.1, 0.15) is 21.0 Å². The topological polar surface area (TPSA) is 89.5 Å². The lowest BCUT2D eigenvalue weighted by atomic mass is 9.78. The maximum atomic E-state index is 13.0. The van der Waals surface area contributed by atoms with Crippen LogP contribution in [0.5, 0.6) is 11.5 Å². The van der Waals surface area contributed by atoms with Crippen LogP contribution >= 0.6 is 11.3 Å². The number of piperidine rings is 1. The fourth-order valence-corrected chi connectivity index (χ4v) is 6.70. The van der Waals surface area contributed by atoms with Crippen LogP contribution in [-0.4, -0.2) is 52.8 Å². The van der Waals surface area contributed by atoms with Gasteiger partial charge in [-0.15, -0.1) is 11.3 Å². The second kappa shape index (κ2) is 9.13. The normalized spacial score (nSPS) is 19.9. The summed E-state index contributed by atoms with van der Waals surface area (Å²) in [7, 11) is 1.72. The van der Waals surface area contributed by atoms with Crippen LogP contribution in [0, 0.1) is 5.92 Å². The van der Waals surface area contributed by atoms with E-state index in [1.54, 1.807) is 13.3 Å². The molecule has 0 radical (unpaired) electrons. The molecule has 5 heterocycles. The number of thiophene rings is 1. The molecule has 1 aromatic carbocycles. The Kier molecular flexibility index (Phi) is 5.82. The first-order valence-electron chi connectivity index (χ1n) is 12.2. The lowest BCUT2D eigenvalue weighted by Crippen LogP contribution is -2.44. The highest BCUT2D eigenvalue weighted by atomic mass is 32.1. The van der Waals surface area contributed by atoms with Crippen LogP contribution < -0.4 is 20.7 Å². The molecular weight excluding hydrogens is 464 g/mol. The number of fused-ring (bicyclic) bond motifs is 6. The number of H-pyrrole nitrogens is 1. The molecule has 2 atom stereocenters. The molecule has 2 aliphatic heterocycles. The molecule has 0 aliphatic carbocycles. The Morgan fingerprint density at radius 3 is 2.97 bits per heavy atom. The molecule has 0 saturated carbocycles. The van der Waals surface area contributed by atoms with Gasteiger partial charge in [-0.05, 0) is 62.5 Å². The Morgan fingerprint density at radius 2 is 2.09 bits per heavy atom. The number of likely N-dealkylation sites (tertiary alicyclic amines) is 1. The van der Waals surface area contributed by atoms with Gasteiger partial charge in [-0.25, -0.2) is 9.78 Å². The van der Waals surface area contributed by atoms with Gasteiger partial charge in [-0.3, -0.25) is 9.36 Å². The van der Waals surface area contributed by atoms with Crippen molar-refractivity contribution in [3.05, 3.63) is 62.9 Å². The van der Waals surface area contributed by atoms with Gasteiger partial charge in [0.25, 0.3) is 5.56 Å². The predicted octanol–water partition coefficient (Wildman–Crippen LogP) is 3.59. The fraction of sp³-hybridized carbons (Fsp3) is 0.423.